The molecule has 8 heavy (non-hydrogen) atoms. The molecule has 0 rings (SSSR count). The van der Waals surface area contributed by atoms with Gasteiger partial charge >= 0.3 is 0 Å². The zero-order valence-corrected chi connectivity index (χ0v) is 5.55. The number of ether oxygens (including phenoxy) is 1. The first kappa shape index (κ1) is 7.92. The molecule has 0 fully saturated rings. The van der Waals surface area contributed by atoms with E-state index in [2.05, 4.69) is 0 Å². The molecule has 0 bridgehead atoms. The first-order valence-corrected chi connectivity index (χ1v) is 2.68. The second-order valence-corrected chi connectivity index (χ2v) is 1.76. The lowest BCUT2D eigenvalue weighted by Gasteiger charge is -2.11. The third-order valence-corrected chi connectivity index (χ3v) is 0.989. The highest BCUT2D eigenvalue weighted by atomic mass is 16.5. The summed E-state index contributed by atoms with van der Waals surface area (Å²) in [6, 6.07) is 0. The van der Waals surface area contributed by atoms with Crippen LogP contribution in [0.3, 0.4) is 0 Å². The Balaban J connectivity index is 2.86. The van der Waals surface area contributed by atoms with Crippen LogP contribution in [-0.4, -0.2) is 38.8 Å². The zero-order valence-electron chi connectivity index (χ0n) is 5.55. The van der Waals surface area contributed by atoms with Crippen LogP contribution in [-0.2, 0) is 4.74 Å². The summed E-state index contributed by atoms with van der Waals surface area (Å²) >= 11 is 0. The van der Waals surface area contributed by atoms with Gasteiger partial charge in [-0.1, -0.05) is 0 Å². The quantitative estimate of drug-likeness (QED) is 0.521. The lowest BCUT2D eigenvalue weighted by molar-refractivity contribution is 0.166. The lowest BCUT2D eigenvalue weighted by Crippen LogP contribution is -2.22. The van der Waals surface area contributed by atoms with Crippen molar-refractivity contribution in [2.45, 2.75) is 0 Å². The van der Waals surface area contributed by atoms with Gasteiger partial charge in [0.25, 0.3) is 0 Å². The van der Waals surface area contributed by atoms with E-state index in [9.17, 15) is 0 Å². The van der Waals surface area contributed by atoms with Gasteiger partial charge in [-0.2, -0.15) is 0 Å². The van der Waals surface area contributed by atoms with Gasteiger partial charge in [0, 0.05) is 20.2 Å². The molecule has 0 aliphatic rings. The Morgan fingerprint density at radius 3 is 2.62 bits per heavy atom. The summed E-state index contributed by atoms with van der Waals surface area (Å²) in [5.74, 6) is 0. The van der Waals surface area contributed by atoms with E-state index in [0.29, 0.717) is 6.54 Å². The molecule has 0 amide bonds. The topological polar surface area (TPSA) is 12.5 Å². The monoisotopic (exact) mass is 115 g/mol. The number of hydrogen-bond acceptors (Lipinski definition) is 2. The summed E-state index contributed by atoms with van der Waals surface area (Å²) < 4.78 is 4.82. The Morgan fingerprint density at radius 1 is 1.62 bits per heavy atom. The van der Waals surface area contributed by atoms with Crippen LogP contribution in [0, 0.1) is 6.92 Å². The highest BCUT2D eigenvalue weighted by Crippen LogP contribution is 1.78. The molecule has 0 unspecified atom stereocenters. The number of likely N-dealkylation sites (N-methyl/N-ethyl adjacent to an activating group) is 1. The summed E-state index contributed by atoms with van der Waals surface area (Å²) in [6.45, 7) is 7.55. The second kappa shape index (κ2) is 5.06. The maximum Gasteiger partial charge on any atom is 0.0589 e. The van der Waals surface area contributed by atoms with E-state index in [1.807, 2.05) is 11.9 Å². The third-order valence-electron chi connectivity index (χ3n) is 0.989. The number of rotatable bonds is 4. The molecular weight excluding hydrogens is 102 g/mol. The van der Waals surface area contributed by atoms with Crippen LogP contribution in [0.25, 0.3) is 0 Å². The van der Waals surface area contributed by atoms with Gasteiger partial charge < -0.3 is 9.64 Å². The zero-order chi connectivity index (χ0) is 6.41. The summed E-state index contributed by atoms with van der Waals surface area (Å²) in [7, 11) is 3.64. The van der Waals surface area contributed by atoms with Gasteiger partial charge in [0.05, 0.1) is 6.61 Å². The highest BCUT2D eigenvalue weighted by Gasteiger charge is 1.89. The predicted molar refractivity (Wildman–Crippen MR) is 33.7 cm³/mol. The molecule has 0 aliphatic carbocycles. The first-order chi connectivity index (χ1) is 3.81. The van der Waals surface area contributed by atoms with Crippen LogP contribution in [0.1, 0.15) is 0 Å². The van der Waals surface area contributed by atoms with Gasteiger partial charge in [-0.3, -0.25) is 0 Å². The molecule has 2 nitrogen and oxygen atoms in total. The molecular formula is C6H13NO. The van der Waals surface area contributed by atoms with Gasteiger partial charge in [0.2, 0.25) is 0 Å². The standard InChI is InChI=1S/C6H13NO/c1-4-7(2)5-6-8-3/h1H,4-6H2,2-3H3. The molecule has 0 aromatic rings. The van der Waals surface area contributed by atoms with Crippen LogP contribution >= 0.6 is 0 Å². The molecule has 48 valence electrons. The smallest absolute Gasteiger partial charge is 0.0589 e. The number of nitrogens with zero attached hydrogens (tertiary/aromatic N) is 1. The van der Waals surface area contributed by atoms with Crippen molar-refractivity contribution in [1.82, 2.24) is 4.90 Å². The summed E-state index contributed by atoms with van der Waals surface area (Å²) in [4.78, 5) is 1.99. The van der Waals surface area contributed by atoms with E-state index in [0.717, 1.165) is 13.2 Å². The van der Waals surface area contributed by atoms with E-state index >= 15 is 0 Å². The van der Waals surface area contributed by atoms with Crippen molar-refractivity contribution in [3.05, 3.63) is 6.92 Å². The minimum atomic E-state index is 0.601. The van der Waals surface area contributed by atoms with E-state index in [1.165, 1.54) is 0 Å². The van der Waals surface area contributed by atoms with Gasteiger partial charge in [-0.15, -0.1) is 0 Å². The Kier molecular flexibility index (Phi) is 5.01. The molecule has 0 aromatic carbocycles. The first-order valence-electron chi connectivity index (χ1n) is 2.68. The fourth-order valence-corrected chi connectivity index (χ4v) is 0.338. The van der Waals surface area contributed by atoms with Crippen molar-refractivity contribution in [2.75, 3.05) is 33.9 Å². The van der Waals surface area contributed by atoms with Crippen LogP contribution < -0.4 is 0 Å². The van der Waals surface area contributed by atoms with Gasteiger partial charge in [0.1, 0.15) is 0 Å². The van der Waals surface area contributed by atoms with Gasteiger partial charge in [0.15, 0.2) is 0 Å². The summed E-state index contributed by atoms with van der Waals surface area (Å²) in [5, 5.41) is 0. The van der Waals surface area contributed by atoms with Crippen molar-refractivity contribution < 1.29 is 4.74 Å². The predicted octanol–water partition coefficient (Wildman–Crippen LogP) is 0.276. The maximum atomic E-state index is 5.28. The lowest BCUT2D eigenvalue weighted by atomic mass is 10.5. The highest BCUT2D eigenvalue weighted by molar-refractivity contribution is 4.49. The fraction of sp³-hybridized carbons (Fsp3) is 0.833. The van der Waals surface area contributed by atoms with Crippen LogP contribution in [0.5, 0.6) is 0 Å². The van der Waals surface area contributed by atoms with Crippen molar-refractivity contribution in [1.29, 1.82) is 0 Å². The Morgan fingerprint density at radius 2 is 2.25 bits per heavy atom. The van der Waals surface area contributed by atoms with Gasteiger partial charge in [-0.05, 0) is 14.0 Å². The van der Waals surface area contributed by atoms with Crippen LogP contribution in [0.2, 0.25) is 0 Å². The minimum absolute atomic E-state index is 0.601. The van der Waals surface area contributed by atoms with Crippen molar-refractivity contribution in [3.8, 4) is 0 Å². The molecule has 0 saturated carbocycles. The van der Waals surface area contributed by atoms with E-state index in [-0.39, 0.29) is 0 Å². The van der Waals surface area contributed by atoms with E-state index < -0.39 is 0 Å². The normalized spacial score (nSPS) is 10.5. The largest absolute Gasteiger partial charge is 0.383 e. The van der Waals surface area contributed by atoms with Crippen LogP contribution in [0.4, 0.5) is 0 Å². The molecule has 0 heterocycles. The molecule has 0 saturated heterocycles. The van der Waals surface area contributed by atoms with E-state index in [1.54, 1.807) is 7.11 Å². The molecule has 0 spiro atoms. The Labute approximate surface area is 51.4 Å². The molecule has 0 aliphatic heterocycles. The van der Waals surface area contributed by atoms with Crippen molar-refractivity contribution >= 4 is 0 Å². The SMILES string of the molecule is [CH]CN(C)CCOC. The fourth-order valence-electron chi connectivity index (χ4n) is 0.338. The summed E-state index contributed by atoms with van der Waals surface area (Å²) in [5.41, 5.74) is 0. The van der Waals surface area contributed by atoms with Crippen molar-refractivity contribution in [2.24, 2.45) is 0 Å². The van der Waals surface area contributed by atoms with Gasteiger partial charge in [-0.25, -0.2) is 0 Å². The number of hydrogen-bond donors (Lipinski definition) is 0. The average Bonchev–Trinajstić information content (AvgIpc) is 1.83. The average molecular weight is 115 g/mol. The van der Waals surface area contributed by atoms with Crippen molar-refractivity contribution in [3.63, 3.8) is 0 Å². The third kappa shape index (κ3) is 4.09. The summed E-state index contributed by atoms with van der Waals surface area (Å²) in [6.07, 6.45) is 0. The number of methoxy groups -OCH3 is 1. The van der Waals surface area contributed by atoms with Crippen LogP contribution in [0.15, 0.2) is 0 Å². The molecule has 2 heteroatoms. The second-order valence-electron chi connectivity index (χ2n) is 1.76. The minimum Gasteiger partial charge on any atom is -0.383 e. The maximum absolute atomic E-state index is 5.28. The molecule has 0 N–H and O–H groups in total. The Bertz CT molecular complexity index is 47.8. The molecule has 0 atom stereocenters. The Hall–Kier alpha value is -0.0800. The molecule has 0 aromatic heterocycles. The molecule has 2 radical (unpaired) electrons. The van der Waals surface area contributed by atoms with E-state index in [4.69, 9.17) is 11.7 Å².